The summed E-state index contributed by atoms with van der Waals surface area (Å²) in [6.45, 7) is 0. The molecular formula is C12H24OS2Te2+2. The molecule has 0 N–H and O–H groups in total. The average Bonchev–Trinajstić information content (AvgIpc) is 2.95. The summed E-state index contributed by atoms with van der Waals surface area (Å²) < 4.78 is 13.9. The van der Waals surface area contributed by atoms with Gasteiger partial charge in [-0.05, 0) is 0 Å². The van der Waals surface area contributed by atoms with Crippen LogP contribution in [0.4, 0.5) is 0 Å². The summed E-state index contributed by atoms with van der Waals surface area (Å²) in [6, 6.07) is 0. The molecule has 0 bridgehead atoms. The first-order valence-corrected chi connectivity index (χ1v) is 24.2. The van der Waals surface area contributed by atoms with Crippen LogP contribution in [-0.2, 0) is 17.7 Å². The van der Waals surface area contributed by atoms with Crippen molar-refractivity contribution in [3.63, 3.8) is 0 Å². The van der Waals surface area contributed by atoms with Gasteiger partial charge in [-0.1, -0.05) is 0 Å². The van der Waals surface area contributed by atoms with Gasteiger partial charge in [-0.2, -0.15) is 0 Å². The Labute approximate surface area is 117 Å². The Bertz CT molecular complexity index is 276. The van der Waals surface area contributed by atoms with Crippen molar-refractivity contribution in [2.75, 3.05) is 23.0 Å². The third kappa shape index (κ3) is 2.07. The van der Waals surface area contributed by atoms with E-state index in [2.05, 4.69) is 0 Å². The SMILES string of the molecule is C1C[S+]2CCC[Te]2(O[Te]23CCC[S+]2CCC3)C1. The maximum atomic E-state index is 7.40. The van der Waals surface area contributed by atoms with E-state index in [0.29, 0.717) is 0 Å². The molecule has 4 aliphatic rings. The number of hydrogen-bond acceptors (Lipinski definition) is 1. The van der Waals surface area contributed by atoms with Crippen LogP contribution in [-0.4, -0.2) is 57.4 Å². The van der Waals surface area contributed by atoms with E-state index in [4.69, 9.17) is 1.47 Å². The van der Waals surface area contributed by atoms with Crippen molar-refractivity contribution >= 4 is 50.7 Å². The molecule has 0 aliphatic carbocycles. The Hall–Kier alpha value is 2.24. The molecule has 0 aromatic rings. The number of rotatable bonds is 2. The van der Waals surface area contributed by atoms with E-state index < -0.39 is 34.4 Å². The molecule has 4 fully saturated rings. The van der Waals surface area contributed by atoms with Crippen molar-refractivity contribution in [1.82, 2.24) is 0 Å². The summed E-state index contributed by atoms with van der Waals surface area (Å²) in [5.74, 6) is 6.42. The van der Waals surface area contributed by atoms with Crippen LogP contribution in [0.25, 0.3) is 0 Å². The summed E-state index contributed by atoms with van der Waals surface area (Å²) in [4.78, 5) is 0. The minimum absolute atomic E-state index is 0.883. The minimum atomic E-state index is -1.73. The summed E-state index contributed by atoms with van der Waals surface area (Å²) in [6.07, 6.45) is 6.26. The van der Waals surface area contributed by atoms with Crippen LogP contribution in [0.5, 0.6) is 0 Å². The molecule has 4 rings (SSSR count). The Kier molecular flexibility index (Phi) is 3.73. The van der Waals surface area contributed by atoms with E-state index in [1.54, 1.807) is 66.6 Å². The molecule has 0 spiro atoms. The normalized spacial score (nSPS) is 60.5. The Morgan fingerprint density at radius 1 is 0.588 bits per heavy atom. The molecule has 4 saturated heterocycles. The van der Waals surface area contributed by atoms with E-state index in [1.807, 2.05) is 0 Å². The van der Waals surface area contributed by atoms with Gasteiger partial charge < -0.3 is 0 Å². The van der Waals surface area contributed by atoms with Gasteiger partial charge in [-0.15, -0.1) is 0 Å². The molecule has 5 heteroatoms. The zero-order chi connectivity index (χ0) is 11.3. The summed E-state index contributed by atoms with van der Waals surface area (Å²) in [5.41, 5.74) is 0. The van der Waals surface area contributed by atoms with Gasteiger partial charge in [0.2, 0.25) is 0 Å². The predicted octanol–water partition coefficient (Wildman–Crippen LogP) is 2.74. The molecule has 0 radical (unpaired) electrons. The van der Waals surface area contributed by atoms with Crippen molar-refractivity contribution in [1.29, 1.82) is 0 Å². The molecule has 0 aromatic heterocycles. The third-order valence-corrected chi connectivity index (χ3v) is 60.3. The van der Waals surface area contributed by atoms with Crippen molar-refractivity contribution in [2.45, 2.75) is 43.6 Å². The van der Waals surface area contributed by atoms with Gasteiger partial charge in [0.25, 0.3) is 0 Å². The molecule has 0 unspecified atom stereocenters. The molecular weight excluding hydrogens is 479 g/mol. The maximum absolute atomic E-state index is 7.40. The van der Waals surface area contributed by atoms with E-state index in [9.17, 15) is 0 Å². The van der Waals surface area contributed by atoms with Crippen LogP contribution in [0.1, 0.15) is 25.7 Å². The molecule has 0 aromatic carbocycles. The van der Waals surface area contributed by atoms with Gasteiger partial charge in [-0.25, -0.2) is 0 Å². The fourth-order valence-corrected chi connectivity index (χ4v) is 81.5. The Balaban J connectivity index is 1.60. The molecule has 17 heavy (non-hydrogen) atoms. The quantitative estimate of drug-likeness (QED) is 0.416. The van der Waals surface area contributed by atoms with Gasteiger partial charge in [0.15, 0.2) is 0 Å². The first kappa shape index (κ1) is 12.9. The summed E-state index contributed by atoms with van der Waals surface area (Å²) in [7, 11) is 1.77. The molecule has 100 valence electrons. The van der Waals surface area contributed by atoms with Gasteiger partial charge in [0.05, 0.1) is 0 Å². The van der Waals surface area contributed by atoms with Crippen molar-refractivity contribution in [2.24, 2.45) is 0 Å². The fraction of sp³-hybridized carbons (Fsp3) is 1.00. The predicted molar refractivity (Wildman–Crippen MR) is 84.5 cm³/mol. The van der Waals surface area contributed by atoms with E-state index in [1.165, 1.54) is 0 Å². The van der Waals surface area contributed by atoms with Gasteiger partial charge >= 0.3 is 119 Å². The molecule has 4 heterocycles. The molecule has 0 amide bonds. The van der Waals surface area contributed by atoms with E-state index >= 15 is 0 Å². The van der Waals surface area contributed by atoms with Crippen LogP contribution in [0, 0.1) is 0 Å². The third-order valence-electron chi connectivity index (χ3n) is 4.42. The first-order valence-electron chi connectivity index (χ1n) is 6.98. The average molecular weight is 504 g/mol. The molecule has 4 aliphatic heterocycles. The van der Waals surface area contributed by atoms with E-state index in [0.717, 1.165) is 16.2 Å². The first-order chi connectivity index (χ1) is 8.33. The van der Waals surface area contributed by atoms with Crippen molar-refractivity contribution in [3.8, 4) is 0 Å². The van der Waals surface area contributed by atoms with Crippen molar-refractivity contribution in [3.05, 3.63) is 0 Å². The van der Waals surface area contributed by atoms with Crippen molar-refractivity contribution < 1.29 is 1.47 Å². The van der Waals surface area contributed by atoms with Gasteiger partial charge in [-0.3, -0.25) is 0 Å². The van der Waals surface area contributed by atoms with Crippen LogP contribution in [0.3, 0.4) is 0 Å². The standard InChI is InChI=1S/C12H24OS2Te2/c1-5-14-6-2-10-16(14,9-1)13-17-11-3-7-15(17)8-4-12-17/h1-12H2/q+2. The van der Waals surface area contributed by atoms with E-state index in [-0.39, 0.29) is 0 Å². The Morgan fingerprint density at radius 2 is 0.941 bits per heavy atom. The molecule has 1 nitrogen and oxygen atoms in total. The second-order valence-corrected chi connectivity index (χ2v) is 41.2. The van der Waals surface area contributed by atoms with Crippen LogP contribution in [0.15, 0.2) is 0 Å². The topological polar surface area (TPSA) is 9.23 Å². The van der Waals surface area contributed by atoms with Crippen LogP contribution >= 0.6 is 0 Å². The zero-order valence-corrected chi connectivity index (χ0v) is 16.8. The fourth-order valence-electron chi connectivity index (χ4n) is 3.69. The second kappa shape index (κ2) is 4.91. The molecule has 0 saturated carbocycles. The zero-order valence-electron chi connectivity index (χ0n) is 10.5. The summed E-state index contributed by atoms with van der Waals surface area (Å²) >= 11 is -3.47. The van der Waals surface area contributed by atoms with Crippen LogP contribution in [0.2, 0.25) is 17.9 Å². The van der Waals surface area contributed by atoms with Crippen LogP contribution < -0.4 is 0 Å². The van der Waals surface area contributed by atoms with Gasteiger partial charge in [0.1, 0.15) is 0 Å². The monoisotopic (exact) mass is 508 g/mol. The number of hydrogen-bond donors (Lipinski definition) is 0. The number of fused-ring (bicyclic) bond motifs is 2. The summed E-state index contributed by atoms with van der Waals surface area (Å²) in [5, 5.41) is 0. The second-order valence-electron chi connectivity index (χ2n) is 5.48. The molecule has 0 atom stereocenters. The van der Waals surface area contributed by atoms with Gasteiger partial charge in [0, 0.05) is 0 Å². The Morgan fingerprint density at radius 3 is 1.29 bits per heavy atom.